The Labute approximate surface area is 117 Å². The van der Waals surface area contributed by atoms with Crippen LogP contribution in [0.25, 0.3) is 0 Å². The summed E-state index contributed by atoms with van der Waals surface area (Å²) in [7, 11) is 0. The Bertz CT molecular complexity index is 510. The van der Waals surface area contributed by atoms with E-state index in [-0.39, 0.29) is 0 Å². The van der Waals surface area contributed by atoms with Crippen molar-refractivity contribution < 1.29 is 0 Å². The summed E-state index contributed by atoms with van der Waals surface area (Å²) in [4.78, 5) is 0. The molecular weight excluding hydrogens is 286 g/mol. The summed E-state index contributed by atoms with van der Waals surface area (Å²) >= 11 is 3.57. The van der Waals surface area contributed by atoms with E-state index in [0.29, 0.717) is 0 Å². The quantitative estimate of drug-likeness (QED) is 0.842. The van der Waals surface area contributed by atoms with Crippen LogP contribution in [0.1, 0.15) is 22.3 Å². The minimum atomic E-state index is 0.849. The van der Waals surface area contributed by atoms with E-state index in [1.54, 1.807) is 0 Å². The van der Waals surface area contributed by atoms with Gasteiger partial charge in [-0.15, -0.1) is 0 Å². The normalized spacial score (nSPS) is 10.4. The number of rotatable bonds is 3. The first-order chi connectivity index (χ1) is 8.56. The summed E-state index contributed by atoms with van der Waals surface area (Å²) in [6.45, 7) is 7.23. The van der Waals surface area contributed by atoms with Crippen molar-refractivity contribution in [1.29, 1.82) is 0 Å². The van der Waals surface area contributed by atoms with Crippen molar-refractivity contribution in [3.8, 4) is 0 Å². The third kappa shape index (κ3) is 3.14. The monoisotopic (exact) mass is 303 g/mol. The van der Waals surface area contributed by atoms with Gasteiger partial charge in [-0.05, 0) is 61.2 Å². The summed E-state index contributed by atoms with van der Waals surface area (Å²) in [5.74, 6) is 0. The summed E-state index contributed by atoms with van der Waals surface area (Å²) in [6, 6.07) is 13.0. The number of nitrogens with one attached hydrogen (secondary N) is 1. The zero-order valence-corrected chi connectivity index (χ0v) is 12.6. The van der Waals surface area contributed by atoms with Crippen LogP contribution in [0.2, 0.25) is 0 Å². The van der Waals surface area contributed by atoms with E-state index in [1.165, 1.54) is 32.4 Å². The van der Waals surface area contributed by atoms with E-state index in [1.807, 2.05) is 0 Å². The van der Waals surface area contributed by atoms with Crippen LogP contribution in [-0.2, 0) is 6.54 Å². The van der Waals surface area contributed by atoms with Gasteiger partial charge in [0.2, 0.25) is 0 Å². The molecule has 0 atom stereocenters. The summed E-state index contributed by atoms with van der Waals surface area (Å²) in [6.07, 6.45) is 0. The van der Waals surface area contributed by atoms with Crippen LogP contribution in [0.15, 0.2) is 40.9 Å². The van der Waals surface area contributed by atoms with Gasteiger partial charge in [-0.3, -0.25) is 0 Å². The lowest BCUT2D eigenvalue weighted by atomic mass is 10.1. The zero-order chi connectivity index (χ0) is 13.1. The van der Waals surface area contributed by atoms with Crippen LogP contribution in [0.5, 0.6) is 0 Å². The van der Waals surface area contributed by atoms with Gasteiger partial charge in [0.05, 0.1) is 0 Å². The molecule has 2 aromatic rings. The summed E-state index contributed by atoms with van der Waals surface area (Å²) in [5.41, 5.74) is 6.38. The zero-order valence-electron chi connectivity index (χ0n) is 11.0. The van der Waals surface area contributed by atoms with Gasteiger partial charge >= 0.3 is 0 Å². The molecule has 0 amide bonds. The van der Waals surface area contributed by atoms with Crippen LogP contribution in [0.3, 0.4) is 0 Å². The van der Waals surface area contributed by atoms with Gasteiger partial charge in [0, 0.05) is 16.7 Å². The topological polar surface area (TPSA) is 12.0 Å². The molecule has 2 heteroatoms. The predicted octanol–water partition coefficient (Wildman–Crippen LogP) is 4.99. The Kier molecular flexibility index (Phi) is 4.07. The molecule has 0 aromatic heterocycles. The van der Waals surface area contributed by atoms with Crippen LogP contribution in [0, 0.1) is 20.8 Å². The van der Waals surface area contributed by atoms with Gasteiger partial charge in [0.25, 0.3) is 0 Å². The van der Waals surface area contributed by atoms with Crippen molar-refractivity contribution in [1.82, 2.24) is 0 Å². The molecule has 1 N–H and O–H groups in total. The highest BCUT2D eigenvalue weighted by Crippen LogP contribution is 2.19. The molecule has 0 aliphatic rings. The van der Waals surface area contributed by atoms with E-state index in [4.69, 9.17) is 0 Å². The first-order valence-electron chi connectivity index (χ1n) is 6.12. The Morgan fingerprint density at radius 2 is 1.61 bits per heavy atom. The minimum absolute atomic E-state index is 0.849. The molecule has 0 saturated heterocycles. The Balaban J connectivity index is 2.06. The number of hydrogen-bond donors (Lipinski definition) is 1. The van der Waals surface area contributed by atoms with Crippen LogP contribution in [-0.4, -0.2) is 0 Å². The molecule has 0 aliphatic heterocycles. The van der Waals surface area contributed by atoms with Crippen molar-refractivity contribution in [2.45, 2.75) is 27.3 Å². The maximum absolute atomic E-state index is 3.57. The van der Waals surface area contributed by atoms with E-state index in [9.17, 15) is 0 Å². The molecule has 0 saturated carbocycles. The third-order valence-electron chi connectivity index (χ3n) is 3.24. The Morgan fingerprint density at radius 1 is 0.889 bits per heavy atom. The van der Waals surface area contributed by atoms with Gasteiger partial charge in [0.1, 0.15) is 0 Å². The first-order valence-corrected chi connectivity index (χ1v) is 6.92. The maximum atomic E-state index is 3.57. The Hall–Kier alpha value is -1.28. The standard InChI is InChI=1S/C16H18BrN/c1-11-5-7-15(8-13(11)3)18-10-14-6-4-12(2)16(17)9-14/h4-9,18H,10H2,1-3H3. The number of halogens is 1. The second-order valence-corrected chi connectivity index (χ2v) is 5.59. The van der Waals surface area contributed by atoms with Crippen molar-refractivity contribution in [3.05, 3.63) is 63.1 Å². The van der Waals surface area contributed by atoms with Gasteiger partial charge in [-0.25, -0.2) is 0 Å². The molecular formula is C16H18BrN. The number of benzene rings is 2. The molecule has 18 heavy (non-hydrogen) atoms. The SMILES string of the molecule is Cc1ccc(NCc2ccc(C)c(Br)c2)cc1C. The van der Waals surface area contributed by atoms with Gasteiger partial charge in [-0.2, -0.15) is 0 Å². The fourth-order valence-corrected chi connectivity index (χ4v) is 2.23. The lowest BCUT2D eigenvalue weighted by Gasteiger charge is -2.09. The molecule has 0 bridgehead atoms. The number of aryl methyl sites for hydroxylation is 3. The van der Waals surface area contributed by atoms with E-state index >= 15 is 0 Å². The third-order valence-corrected chi connectivity index (χ3v) is 4.09. The van der Waals surface area contributed by atoms with Gasteiger partial charge in [0.15, 0.2) is 0 Å². The fourth-order valence-electron chi connectivity index (χ4n) is 1.80. The molecule has 2 aromatic carbocycles. The van der Waals surface area contributed by atoms with E-state index in [0.717, 1.165) is 6.54 Å². The molecule has 0 unspecified atom stereocenters. The molecule has 0 fully saturated rings. The molecule has 0 aliphatic carbocycles. The largest absolute Gasteiger partial charge is 0.381 e. The van der Waals surface area contributed by atoms with Crippen molar-refractivity contribution in [2.75, 3.05) is 5.32 Å². The lowest BCUT2D eigenvalue weighted by molar-refractivity contribution is 1.13. The maximum Gasteiger partial charge on any atom is 0.0401 e. The molecule has 94 valence electrons. The number of anilines is 1. The second-order valence-electron chi connectivity index (χ2n) is 4.74. The molecule has 1 nitrogen and oxygen atoms in total. The Morgan fingerprint density at radius 3 is 2.28 bits per heavy atom. The molecule has 0 heterocycles. The van der Waals surface area contributed by atoms with E-state index < -0.39 is 0 Å². The smallest absolute Gasteiger partial charge is 0.0401 e. The molecule has 0 radical (unpaired) electrons. The summed E-state index contributed by atoms with van der Waals surface area (Å²) < 4.78 is 1.17. The first kappa shape index (κ1) is 13.2. The average Bonchev–Trinajstić information content (AvgIpc) is 2.35. The highest BCUT2D eigenvalue weighted by molar-refractivity contribution is 9.10. The molecule has 0 spiro atoms. The minimum Gasteiger partial charge on any atom is -0.381 e. The predicted molar refractivity (Wildman–Crippen MR) is 82.1 cm³/mol. The molecule has 2 rings (SSSR count). The second kappa shape index (κ2) is 5.57. The highest BCUT2D eigenvalue weighted by Gasteiger charge is 1.99. The van der Waals surface area contributed by atoms with Crippen LogP contribution in [0.4, 0.5) is 5.69 Å². The van der Waals surface area contributed by atoms with Crippen molar-refractivity contribution in [2.24, 2.45) is 0 Å². The van der Waals surface area contributed by atoms with Crippen LogP contribution < -0.4 is 5.32 Å². The van der Waals surface area contributed by atoms with E-state index in [2.05, 4.69) is 78.4 Å². The number of hydrogen-bond acceptors (Lipinski definition) is 1. The van der Waals surface area contributed by atoms with Crippen molar-refractivity contribution >= 4 is 21.6 Å². The van der Waals surface area contributed by atoms with Crippen molar-refractivity contribution in [3.63, 3.8) is 0 Å². The highest BCUT2D eigenvalue weighted by atomic mass is 79.9. The lowest BCUT2D eigenvalue weighted by Crippen LogP contribution is -2.00. The summed E-state index contributed by atoms with van der Waals surface area (Å²) in [5, 5.41) is 3.45. The van der Waals surface area contributed by atoms with Gasteiger partial charge < -0.3 is 5.32 Å². The van der Waals surface area contributed by atoms with Crippen LogP contribution >= 0.6 is 15.9 Å². The van der Waals surface area contributed by atoms with Gasteiger partial charge in [-0.1, -0.05) is 34.1 Å². The fraction of sp³-hybridized carbons (Fsp3) is 0.250. The average molecular weight is 304 g/mol.